The Bertz CT molecular complexity index is 766. The van der Waals surface area contributed by atoms with E-state index in [1.54, 1.807) is 18.3 Å². The summed E-state index contributed by atoms with van der Waals surface area (Å²) in [6.07, 6.45) is 1.58. The number of amides is 1. The number of carbonyl (C=O) groups is 1. The molecule has 6 heteroatoms. The van der Waals surface area contributed by atoms with Crippen LogP contribution >= 0.6 is 0 Å². The first kappa shape index (κ1) is 12.3. The minimum Gasteiger partial charge on any atom is -0.449 e. The summed E-state index contributed by atoms with van der Waals surface area (Å²) in [5.74, 6) is -2.53. The first-order valence-electron chi connectivity index (χ1n) is 5.74. The third kappa shape index (κ3) is 2.23. The van der Waals surface area contributed by atoms with Crippen molar-refractivity contribution in [3.05, 3.63) is 60.0 Å². The van der Waals surface area contributed by atoms with E-state index in [1.807, 2.05) is 0 Å². The maximum atomic E-state index is 13.0. The van der Waals surface area contributed by atoms with Crippen LogP contribution in [0.2, 0.25) is 0 Å². The molecule has 100 valence electrons. The average Bonchev–Trinajstić information content (AvgIpc) is 2.87. The topological polar surface area (TPSA) is 55.1 Å². The summed E-state index contributed by atoms with van der Waals surface area (Å²) in [6.45, 7) is 0. The van der Waals surface area contributed by atoms with Crippen LogP contribution in [0, 0.1) is 11.6 Å². The summed E-state index contributed by atoms with van der Waals surface area (Å²) < 4.78 is 31.1. The minimum atomic E-state index is -1.03. The number of anilines is 1. The third-order valence-electron chi connectivity index (χ3n) is 2.69. The molecule has 0 aliphatic rings. The van der Waals surface area contributed by atoms with Gasteiger partial charge in [-0.1, -0.05) is 0 Å². The summed E-state index contributed by atoms with van der Waals surface area (Å²) in [5, 5.41) is 2.42. The molecule has 1 aromatic carbocycles. The molecule has 4 nitrogen and oxygen atoms in total. The van der Waals surface area contributed by atoms with Crippen LogP contribution in [0.3, 0.4) is 0 Å². The molecule has 1 amide bonds. The molecule has 3 rings (SSSR count). The maximum Gasteiger partial charge on any atom is 0.291 e. The van der Waals surface area contributed by atoms with Gasteiger partial charge in [0, 0.05) is 24.0 Å². The third-order valence-corrected chi connectivity index (χ3v) is 2.69. The van der Waals surface area contributed by atoms with Gasteiger partial charge in [-0.2, -0.15) is 0 Å². The molecule has 2 aromatic heterocycles. The normalized spacial score (nSPS) is 10.7. The first-order chi connectivity index (χ1) is 9.63. The van der Waals surface area contributed by atoms with Crippen LogP contribution in [0.1, 0.15) is 10.6 Å². The molecule has 0 saturated carbocycles. The Morgan fingerprint density at radius 1 is 1.15 bits per heavy atom. The van der Waals surface area contributed by atoms with Crippen LogP contribution in [0.25, 0.3) is 11.1 Å². The lowest BCUT2D eigenvalue weighted by atomic mass is 10.3. The van der Waals surface area contributed by atoms with Crippen LogP contribution in [0.15, 0.2) is 47.0 Å². The largest absolute Gasteiger partial charge is 0.449 e. The lowest BCUT2D eigenvalue weighted by Crippen LogP contribution is -2.11. The Hall–Kier alpha value is -2.76. The molecular formula is C14H8F2N2O2. The van der Waals surface area contributed by atoms with Crippen LogP contribution in [0.5, 0.6) is 0 Å². The van der Waals surface area contributed by atoms with Crippen molar-refractivity contribution in [1.82, 2.24) is 4.98 Å². The summed E-state index contributed by atoms with van der Waals surface area (Å²) in [5.41, 5.74) is 1.16. The second-order valence-electron chi connectivity index (χ2n) is 4.08. The number of pyridine rings is 1. The average molecular weight is 274 g/mol. The molecule has 0 bridgehead atoms. The lowest BCUT2D eigenvalue weighted by molar-refractivity contribution is 0.0998. The number of nitrogens with one attached hydrogen (secondary N) is 1. The van der Waals surface area contributed by atoms with Crippen molar-refractivity contribution in [3.63, 3.8) is 0 Å². The van der Waals surface area contributed by atoms with Gasteiger partial charge >= 0.3 is 0 Å². The number of nitrogens with zero attached hydrogens (tertiary/aromatic N) is 1. The van der Waals surface area contributed by atoms with E-state index in [-0.39, 0.29) is 11.4 Å². The second-order valence-corrected chi connectivity index (χ2v) is 4.08. The first-order valence-corrected chi connectivity index (χ1v) is 5.74. The fourth-order valence-corrected chi connectivity index (χ4v) is 1.75. The van der Waals surface area contributed by atoms with Gasteiger partial charge < -0.3 is 9.73 Å². The van der Waals surface area contributed by atoms with Crippen LogP contribution in [-0.2, 0) is 0 Å². The molecule has 0 aliphatic heterocycles. The number of carbonyl (C=O) groups excluding carboxylic acids is 1. The Morgan fingerprint density at radius 2 is 2.00 bits per heavy atom. The van der Waals surface area contributed by atoms with Crippen LogP contribution < -0.4 is 5.32 Å². The number of aromatic nitrogens is 1. The Labute approximate surface area is 112 Å². The van der Waals surface area contributed by atoms with E-state index in [0.717, 1.165) is 12.1 Å². The van der Waals surface area contributed by atoms with Gasteiger partial charge in [0.2, 0.25) is 0 Å². The molecule has 20 heavy (non-hydrogen) atoms. The zero-order chi connectivity index (χ0) is 14.1. The smallest absolute Gasteiger partial charge is 0.291 e. The van der Waals surface area contributed by atoms with Gasteiger partial charge in [0.15, 0.2) is 23.0 Å². The monoisotopic (exact) mass is 274 g/mol. The van der Waals surface area contributed by atoms with E-state index in [1.165, 1.54) is 12.1 Å². The number of halogens is 2. The van der Waals surface area contributed by atoms with E-state index < -0.39 is 17.5 Å². The van der Waals surface area contributed by atoms with Crippen LogP contribution in [0.4, 0.5) is 14.5 Å². The molecular weight excluding hydrogens is 266 g/mol. The maximum absolute atomic E-state index is 13.0. The van der Waals surface area contributed by atoms with Crippen molar-refractivity contribution in [2.45, 2.75) is 0 Å². The predicted molar refractivity (Wildman–Crippen MR) is 68.3 cm³/mol. The molecule has 0 spiro atoms. The fourth-order valence-electron chi connectivity index (χ4n) is 1.75. The molecule has 0 radical (unpaired) electrons. The van der Waals surface area contributed by atoms with Gasteiger partial charge in [0.25, 0.3) is 5.91 Å². The van der Waals surface area contributed by atoms with Gasteiger partial charge in [0.05, 0.1) is 0 Å². The van der Waals surface area contributed by atoms with E-state index in [9.17, 15) is 13.6 Å². The van der Waals surface area contributed by atoms with Gasteiger partial charge in [-0.15, -0.1) is 0 Å². The zero-order valence-corrected chi connectivity index (χ0v) is 10.1. The number of rotatable bonds is 2. The number of hydrogen-bond acceptors (Lipinski definition) is 3. The molecule has 0 aliphatic carbocycles. The highest BCUT2D eigenvalue weighted by molar-refractivity contribution is 6.04. The minimum absolute atomic E-state index is 0.0448. The molecule has 2 heterocycles. The van der Waals surface area contributed by atoms with Gasteiger partial charge in [0.1, 0.15) is 5.52 Å². The molecule has 0 fully saturated rings. The number of hydrogen-bond donors (Lipinski definition) is 1. The number of benzene rings is 1. The Kier molecular flexibility index (Phi) is 2.90. The van der Waals surface area contributed by atoms with Crippen LogP contribution in [-0.4, -0.2) is 10.9 Å². The molecule has 1 N–H and O–H groups in total. The lowest BCUT2D eigenvalue weighted by Gasteiger charge is -2.03. The van der Waals surface area contributed by atoms with E-state index >= 15 is 0 Å². The number of furan rings is 1. The highest BCUT2D eigenvalue weighted by Gasteiger charge is 2.13. The van der Waals surface area contributed by atoms with Crippen molar-refractivity contribution in [3.8, 4) is 0 Å². The highest BCUT2D eigenvalue weighted by Crippen LogP contribution is 2.19. The molecule has 0 saturated heterocycles. The standard InChI is InChI=1S/C14H8F2N2O2/c15-9-4-3-8(6-10(9)16)18-14(19)13-7-11-12(20-13)2-1-5-17-11/h1-7H,(H,18,19). The van der Waals surface area contributed by atoms with E-state index in [4.69, 9.17) is 4.42 Å². The SMILES string of the molecule is O=C(Nc1ccc(F)c(F)c1)c1cc2ncccc2o1. The molecule has 0 unspecified atom stereocenters. The van der Waals surface area contributed by atoms with Crippen molar-refractivity contribution >= 4 is 22.7 Å². The highest BCUT2D eigenvalue weighted by atomic mass is 19.2. The summed E-state index contributed by atoms with van der Waals surface area (Å²) in [4.78, 5) is 16.0. The fraction of sp³-hybridized carbons (Fsp3) is 0. The van der Waals surface area contributed by atoms with E-state index in [0.29, 0.717) is 11.1 Å². The second kappa shape index (κ2) is 4.73. The Balaban J connectivity index is 1.86. The van der Waals surface area contributed by atoms with Gasteiger partial charge in [-0.25, -0.2) is 8.78 Å². The van der Waals surface area contributed by atoms with Crippen molar-refractivity contribution < 1.29 is 18.0 Å². The van der Waals surface area contributed by atoms with Crippen molar-refractivity contribution in [2.24, 2.45) is 0 Å². The summed E-state index contributed by atoms with van der Waals surface area (Å²) >= 11 is 0. The zero-order valence-electron chi connectivity index (χ0n) is 10.1. The van der Waals surface area contributed by atoms with Gasteiger partial charge in [-0.3, -0.25) is 9.78 Å². The molecule has 3 aromatic rings. The van der Waals surface area contributed by atoms with Gasteiger partial charge in [-0.05, 0) is 24.3 Å². The van der Waals surface area contributed by atoms with Crippen molar-refractivity contribution in [2.75, 3.05) is 5.32 Å². The quantitative estimate of drug-likeness (QED) is 0.779. The number of fused-ring (bicyclic) bond motifs is 1. The Morgan fingerprint density at radius 3 is 2.75 bits per heavy atom. The summed E-state index contributed by atoms with van der Waals surface area (Å²) in [7, 11) is 0. The predicted octanol–water partition coefficient (Wildman–Crippen LogP) is 3.36. The summed E-state index contributed by atoms with van der Waals surface area (Å²) in [6, 6.07) is 7.93. The van der Waals surface area contributed by atoms with Crippen molar-refractivity contribution in [1.29, 1.82) is 0 Å². The molecule has 0 atom stereocenters. The van der Waals surface area contributed by atoms with E-state index in [2.05, 4.69) is 10.3 Å².